The lowest BCUT2D eigenvalue weighted by Crippen LogP contribution is -2.81. The number of nitrogens with zero attached hydrogens (tertiary/aromatic N) is 1. The molecule has 0 aliphatic carbocycles. The smallest absolute Gasteiger partial charge is 0.244 e. The molecular weight excluding hydrogens is 276 g/mol. The molecule has 0 saturated carbocycles. The van der Waals surface area contributed by atoms with Gasteiger partial charge in [0.1, 0.15) is 23.9 Å². The van der Waals surface area contributed by atoms with Gasteiger partial charge in [-0.2, -0.15) is 0 Å². The Morgan fingerprint density at radius 1 is 0.727 bits per heavy atom. The van der Waals surface area contributed by atoms with Crippen molar-refractivity contribution in [1.82, 2.24) is 0 Å². The van der Waals surface area contributed by atoms with E-state index < -0.39 is 0 Å². The monoisotopic (exact) mass is 291 g/mol. The Balaban J connectivity index is 1.62. The number of para-hydroxylation sites is 1. The van der Waals surface area contributed by atoms with Crippen molar-refractivity contribution in [2.75, 3.05) is 4.90 Å². The molecule has 22 heavy (non-hydrogen) atoms. The van der Waals surface area contributed by atoms with Crippen molar-refractivity contribution in [2.24, 2.45) is 11.8 Å². The van der Waals surface area contributed by atoms with Gasteiger partial charge in [-0.25, -0.2) is 4.90 Å². The zero-order valence-corrected chi connectivity index (χ0v) is 11.8. The lowest BCUT2D eigenvalue weighted by atomic mass is 9.77. The molecule has 0 spiro atoms. The third-order valence-electron chi connectivity index (χ3n) is 5.32. The second-order valence-corrected chi connectivity index (χ2v) is 6.27. The van der Waals surface area contributed by atoms with Crippen molar-refractivity contribution >= 4 is 17.5 Å². The van der Waals surface area contributed by atoms with Crippen LogP contribution in [0.2, 0.25) is 0 Å². The van der Waals surface area contributed by atoms with Crippen molar-refractivity contribution < 1.29 is 14.9 Å². The SMILES string of the molecule is O=C1[C@@H]2[C@H](C(=O)N1c1ccccc1)[C@@H]1[NH2+][C@H]2c2ccccc21. The van der Waals surface area contributed by atoms with E-state index >= 15 is 0 Å². The highest BCUT2D eigenvalue weighted by Gasteiger charge is 2.66. The molecule has 108 valence electrons. The molecule has 0 aromatic heterocycles. The fourth-order valence-electron chi connectivity index (χ4n) is 4.47. The molecule has 2 fully saturated rings. The maximum Gasteiger partial charge on any atom is 0.244 e. The van der Waals surface area contributed by atoms with Gasteiger partial charge in [-0.15, -0.1) is 0 Å². The first-order chi connectivity index (χ1) is 10.8. The molecule has 0 unspecified atom stereocenters. The molecule has 2 saturated heterocycles. The maximum absolute atomic E-state index is 12.9. The van der Waals surface area contributed by atoms with Crippen LogP contribution >= 0.6 is 0 Å². The van der Waals surface area contributed by atoms with Crippen LogP contribution in [0.4, 0.5) is 5.69 Å². The third kappa shape index (κ3) is 1.31. The van der Waals surface area contributed by atoms with Gasteiger partial charge in [-0.3, -0.25) is 9.59 Å². The Hall–Kier alpha value is -2.46. The number of quaternary nitrogens is 1. The Labute approximate surface area is 127 Å². The van der Waals surface area contributed by atoms with E-state index in [1.165, 1.54) is 16.0 Å². The molecule has 3 heterocycles. The number of hydrogen-bond acceptors (Lipinski definition) is 2. The summed E-state index contributed by atoms with van der Waals surface area (Å²) < 4.78 is 0. The highest BCUT2D eigenvalue weighted by Crippen LogP contribution is 2.51. The molecule has 2 N–H and O–H groups in total. The summed E-state index contributed by atoms with van der Waals surface area (Å²) >= 11 is 0. The number of nitrogens with two attached hydrogens (primary N) is 1. The van der Waals surface area contributed by atoms with E-state index in [9.17, 15) is 9.59 Å². The van der Waals surface area contributed by atoms with E-state index in [1.807, 2.05) is 42.5 Å². The molecular formula is C18H15N2O2+. The fourth-order valence-corrected chi connectivity index (χ4v) is 4.47. The van der Waals surface area contributed by atoms with Crippen LogP contribution in [0, 0.1) is 11.8 Å². The summed E-state index contributed by atoms with van der Waals surface area (Å²) in [6.45, 7) is 0. The van der Waals surface area contributed by atoms with Crippen LogP contribution in [0.25, 0.3) is 0 Å². The second kappa shape index (κ2) is 4.05. The summed E-state index contributed by atoms with van der Waals surface area (Å²) in [6, 6.07) is 17.7. The number of imide groups is 1. The number of rotatable bonds is 1. The average Bonchev–Trinajstić information content (AvgIpc) is 3.19. The zero-order valence-electron chi connectivity index (χ0n) is 11.8. The number of amides is 2. The number of carbonyl (C=O) groups is 2. The Morgan fingerprint density at radius 2 is 1.23 bits per heavy atom. The molecule has 3 aliphatic rings. The van der Waals surface area contributed by atoms with Gasteiger partial charge < -0.3 is 5.32 Å². The lowest BCUT2D eigenvalue weighted by molar-refractivity contribution is -0.707. The molecule has 2 aromatic carbocycles. The maximum atomic E-state index is 12.9. The van der Waals surface area contributed by atoms with Crippen molar-refractivity contribution in [1.29, 1.82) is 0 Å². The predicted molar refractivity (Wildman–Crippen MR) is 79.8 cm³/mol. The van der Waals surface area contributed by atoms with E-state index in [0.29, 0.717) is 5.69 Å². The van der Waals surface area contributed by atoms with Gasteiger partial charge in [0.2, 0.25) is 11.8 Å². The Bertz CT molecular complexity index is 755. The summed E-state index contributed by atoms with van der Waals surface area (Å²) in [6.07, 6.45) is 0. The van der Waals surface area contributed by atoms with Crippen LogP contribution in [-0.2, 0) is 9.59 Å². The summed E-state index contributed by atoms with van der Waals surface area (Å²) in [7, 11) is 0. The van der Waals surface area contributed by atoms with Gasteiger partial charge in [0.05, 0.1) is 5.69 Å². The van der Waals surface area contributed by atoms with Gasteiger partial charge in [0.25, 0.3) is 0 Å². The number of carbonyl (C=O) groups excluding carboxylic acids is 2. The standard InChI is InChI=1S/C18H14N2O2/c21-17-13-14(18(22)20(17)10-6-2-1-3-7-10)16-12-9-5-4-8-11(12)15(13)19-16/h1-9,13-16,19H/p+1/t13-,14+,15+,16-. The van der Waals surface area contributed by atoms with Gasteiger partial charge in [0, 0.05) is 11.1 Å². The van der Waals surface area contributed by atoms with Gasteiger partial charge in [-0.05, 0) is 12.1 Å². The molecule has 4 atom stereocenters. The van der Waals surface area contributed by atoms with Crippen LogP contribution in [-0.4, -0.2) is 11.8 Å². The third-order valence-corrected chi connectivity index (χ3v) is 5.32. The topological polar surface area (TPSA) is 54.0 Å². The first kappa shape index (κ1) is 12.1. The number of hydrogen-bond donors (Lipinski definition) is 1. The van der Waals surface area contributed by atoms with Crippen LogP contribution in [0.5, 0.6) is 0 Å². The number of anilines is 1. The van der Waals surface area contributed by atoms with Crippen LogP contribution < -0.4 is 10.2 Å². The quantitative estimate of drug-likeness (QED) is 0.802. The van der Waals surface area contributed by atoms with Crippen LogP contribution in [0.3, 0.4) is 0 Å². The second-order valence-electron chi connectivity index (χ2n) is 6.27. The first-order valence-electron chi connectivity index (χ1n) is 7.64. The summed E-state index contributed by atoms with van der Waals surface area (Å²) in [5.74, 6) is -0.515. The molecule has 4 nitrogen and oxygen atoms in total. The normalized spacial score (nSPS) is 31.5. The van der Waals surface area contributed by atoms with Crippen molar-refractivity contribution in [2.45, 2.75) is 12.1 Å². The van der Waals surface area contributed by atoms with E-state index in [1.54, 1.807) is 0 Å². The minimum Gasteiger partial charge on any atom is -0.332 e. The lowest BCUT2D eigenvalue weighted by Gasteiger charge is -2.16. The highest BCUT2D eigenvalue weighted by molar-refractivity contribution is 6.22. The predicted octanol–water partition coefficient (Wildman–Crippen LogP) is 1.17. The van der Waals surface area contributed by atoms with E-state index in [4.69, 9.17) is 0 Å². The molecule has 2 bridgehead atoms. The summed E-state index contributed by atoms with van der Waals surface area (Å²) in [5, 5.41) is 2.21. The van der Waals surface area contributed by atoms with Crippen molar-refractivity contribution in [3.8, 4) is 0 Å². The first-order valence-corrected chi connectivity index (χ1v) is 7.64. The summed E-state index contributed by atoms with van der Waals surface area (Å²) in [5.41, 5.74) is 3.14. The van der Waals surface area contributed by atoms with Gasteiger partial charge >= 0.3 is 0 Å². The van der Waals surface area contributed by atoms with Gasteiger partial charge in [-0.1, -0.05) is 42.5 Å². The van der Waals surface area contributed by atoms with E-state index in [-0.39, 0.29) is 35.7 Å². The molecule has 4 heteroatoms. The Morgan fingerprint density at radius 3 is 1.77 bits per heavy atom. The number of benzene rings is 2. The molecule has 2 amide bonds. The molecule has 3 aliphatic heterocycles. The van der Waals surface area contributed by atoms with Crippen molar-refractivity contribution in [3.63, 3.8) is 0 Å². The van der Waals surface area contributed by atoms with Crippen molar-refractivity contribution in [3.05, 3.63) is 65.7 Å². The highest BCUT2D eigenvalue weighted by atomic mass is 16.2. The van der Waals surface area contributed by atoms with Crippen LogP contribution in [0.15, 0.2) is 54.6 Å². The minimum atomic E-state index is -0.215. The number of fused-ring (bicyclic) bond motifs is 8. The Kier molecular flexibility index (Phi) is 2.23. The minimum absolute atomic E-state index is 0.0422. The zero-order chi connectivity index (χ0) is 14.8. The largest absolute Gasteiger partial charge is 0.332 e. The molecule has 0 radical (unpaired) electrons. The summed E-state index contributed by atoms with van der Waals surface area (Å²) in [4.78, 5) is 27.2. The van der Waals surface area contributed by atoms with Crippen LogP contribution in [0.1, 0.15) is 23.2 Å². The molecule has 2 aromatic rings. The fraction of sp³-hybridized carbons (Fsp3) is 0.222. The van der Waals surface area contributed by atoms with E-state index in [2.05, 4.69) is 17.4 Å². The van der Waals surface area contributed by atoms with Gasteiger partial charge in [0.15, 0.2) is 0 Å². The molecule has 5 rings (SSSR count). The average molecular weight is 291 g/mol. The van der Waals surface area contributed by atoms with E-state index in [0.717, 1.165) is 0 Å².